The van der Waals surface area contributed by atoms with Crippen molar-refractivity contribution in [2.45, 2.75) is 13.3 Å². The van der Waals surface area contributed by atoms with E-state index in [-0.39, 0.29) is 22.1 Å². The second-order valence-corrected chi connectivity index (χ2v) is 4.73. The molecule has 4 nitrogen and oxygen atoms in total. The van der Waals surface area contributed by atoms with E-state index < -0.39 is 17.5 Å². The Hall–Kier alpha value is -2.21. The van der Waals surface area contributed by atoms with Crippen molar-refractivity contribution in [3.63, 3.8) is 0 Å². The number of nitrogens with two attached hydrogens (primary N) is 1. The number of rotatable bonds is 3. The Balaban J connectivity index is 2.32. The van der Waals surface area contributed by atoms with Gasteiger partial charge in [-0.3, -0.25) is 4.79 Å². The fourth-order valence-electron chi connectivity index (χ4n) is 1.77. The van der Waals surface area contributed by atoms with E-state index in [4.69, 9.17) is 17.3 Å². The van der Waals surface area contributed by atoms with Crippen molar-refractivity contribution < 1.29 is 13.6 Å². The Kier molecular flexibility index (Phi) is 4.37. The molecular formula is C14H12ClF2N3O. The largest absolute Gasteiger partial charge is 0.384 e. The van der Waals surface area contributed by atoms with E-state index in [1.165, 1.54) is 6.07 Å². The normalized spacial score (nSPS) is 10.5. The van der Waals surface area contributed by atoms with Gasteiger partial charge in [0.1, 0.15) is 11.6 Å². The van der Waals surface area contributed by atoms with Crippen molar-refractivity contribution in [1.29, 1.82) is 0 Å². The zero-order chi connectivity index (χ0) is 15.6. The maximum absolute atomic E-state index is 13.6. The van der Waals surface area contributed by atoms with Gasteiger partial charge in [0.15, 0.2) is 5.82 Å². The summed E-state index contributed by atoms with van der Waals surface area (Å²) in [4.78, 5) is 16.1. The molecule has 7 heteroatoms. The molecule has 2 aromatic rings. The van der Waals surface area contributed by atoms with Crippen LogP contribution in [0.1, 0.15) is 23.0 Å². The average molecular weight is 312 g/mol. The Bertz CT molecular complexity index is 684. The predicted octanol–water partition coefficient (Wildman–Crippen LogP) is 3.41. The van der Waals surface area contributed by atoms with Crippen molar-refractivity contribution in [3.8, 4) is 0 Å². The molecule has 0 atom stereocenters. The number of carbonyl (C=O) groups excluding carboxylic acids is 1. The summed E-state index contributed by atoms with van der Waals surface area (Å²) in [5, 5.41) is 2.08. The Morgan fingerprint density at radius 2 is 2.05 bits per heavy atom. The molecule has 0 saturated carbocycles. The molecule has 0 spiro atoms. The number of aryl methyl sites for hydroxylation is 1. The molecule has 0 fully saturated rings. The van der Waals surface area contributed by atoms with Gasteiger partial charge in [-0.15, -0.1) is 0 Å². The van der Waals surface area contributed by atoms with Crippen molar-refractivity contribution in [1.82, 2.24) is 4.98 Å². The first-order valence-corrected chi connectivity index (χ1v) is 6.50. The van der Waals surface area contributed by atoms with Gasteiger partial charge in [0.2, 0.25) is 0 Å². The topological polar surface area (TPSA) is 68.0 Å². The van der Waals surface area contributed by atoms with Gasteiger partial charge in [0.25, 0.3) is 5.91 Å². The zero-order valence-electron chi connectivity index (χ0n) is 11.1. The number of carbonyl (C=O) groups is 1. The summed E-state index contributed by atoms with van der Waals surface area (Å²) in [6, 6.07) is 4.46. The molecule has 110 valence electrons. The number of pyridine rings is 1. The lowest BCUT2D eigenvalue weighted by Gasteiger charge is -2.10. The highest BCUT2D eigenvalue weighted by atomic mass is 35.5. The second kappa shape index (κ2) is 6.05. The Morgan fingerprint density at radius 1 is 1.33 bits per heavy atom. The van der Waals surface area contributed by atoms with Crippen LogP contribution in [0.2, 0.25) is 5.02 Å². The SMILES string of the molecule is CCc1cc(C(=O)Nc2c(F)cc(F)cc2Cl)cc(N)n1. The molecule has 1 aromatic heterocycles. The van der Waals surface area contributed by atoms with E-state index >= 15 is 0 Å². The number of hydrogen-bond acceptors (Lipinski definition) is 3. The minimum absolute atomic E-state index is 0.185. The van der Waals surface area contributed by atoms with Gasteiger partial charge >= 0.3 is 0 Å². The van der Waals surface area contributed by atoms with Crippen molar-refractivity contribution >= 4 is 29.0 Å². The summed E-state index contributed by atoms with van der Waals surface area (Å²) in [6.45, 7) is 1.86. The van der Waals surface area contributed by atoms with Crippen molar-refractivity contribution in [2.75, 3.05) is 11.1 Å². The van der Waals surface area contributed by atoms with Crippen LogP contribution in [0.4, 0.5) is 20.3 Å². The number of nitrogens with one attached hydrogen (secondary N) is 1. The van der Waals surface area contributed by atoms with E-state index in [2.05, 4.69) is 10.3 Å². The van der Waals surface area contributed by atoms with E-state index in [1.54, 1.807) is 6.07 Å². The van der Waals surface area contributed by atoms with E-state index in [9.17, 15) is 13.6 Å². The first-order valence-electron chi connectivity index (χ1n) is 6.13. The molecule has 21 heavy (non-hydrogen) atoms. The first-order chi connectivity index (χ1) is 9.90. The Labute approximate surface area is 124 Å². The lowest BCUT2D eigenvalue weighted by molar-refractivity contribution is 0.102. The van der Waals surface area contributed by atoms with Gasteiger partial charge in [-0.2, -0.15) is 0 Å². The number of amides is 1. The van der Waals surface area contributed by atoms with Crippen LogP contribution in [0, 0.1) is 11.6 Å². The highest BCUT2D eigenvalue weighted by molar-refractivity contribution is 6.34. The smallest absolute Gasteiger partial charge is 0.255 e. The van der Waals surface area contributed by atoms with Crippen LogP contribution in [0.15, 0.2) is 24.3 Å². The minimum Gasteiger partial charge on any atom is -0.384 e. The summed E-state index contributed by atoms with van der Waals surface area (Å²) in [5.74, 6) is -2.20. The molecule has 0 saturated heterocycles. The number of halogens is 3. The molecule has 3 N–H and O–H groups in total. The molecule has 0 aliphatic heterocycles. The van der Waals surface area contributed by atoms with Gasteiger partial charge in [0, 0.05) is 17.3 Å². The predicted molar refractivity (Wildman–Crippen MR) is 77.3 cm³/mol. The average Bonchev–Trinajstić information content (AvgIpc) is 2.41. The molecule has 1 heterocycles. The van der Waals surface area contributed by atoms with Gasteiger partial charge < -0.3 is 11.1 Å². The highest BCUT2D eigenvalue weighted by Gasteiger charge is 2.15. The van der Waals surface area contributed by atoms with Gasteiger partial charge in [-0.05, 0) is 24.6 Å². The highest BCUT2D eigenvalue weighted by Crippen LogP contribution is 2.27. The monoisotopic (exact) mass is 311 g/mol. The molecule has 2 rings (SSSR count). The van der Waals surface area contributed by atoms with Crippen LogP contribution in [-0.2, 0) is 6.42 Å². The third kappa shape index (κ3) is 3.46. The van der Waals surface area contributed by atoms with Gasteiger partial charge in [-0.25, -0.2) is 13.8 Å². The summed E-state index contributed by atoms with van der Waals surface area (Å²) in [7, 11) is 0. The molecule has 0 radical (unpaired) electrons. The van der Waals surface area contributed by atoms with Gasteiger partial charge in [0.05, 0.1) is 10.7 Å². The van der Waals surface area contributed by atoms with Crippen molar-refractivity contribution in [2.24, 2.45) is 0 Å². The number of nitrogen functional groups attached to an aromatic ring is 1. The van der Waals surface area contributed by atoms with Crippen molar-refractivity contribution in [3.05, 3.63) is 52.2 Å². The Morgan fingerprint density at radius 3 is 2.67 bits per heavy atom. The fraction of sp³-hybridized carbons (Fsp3) is 0.143. The first kappa shape index (κ1) is 15.2. The lowest BCUT2D eigenvalue weighted by atomic mass is 10.1. The summed E-state index contributed by atoms with van der Waals surface area (Å²) >= 11 is 5.72. The molecule has 1 aromatic carbocycles. The molecule has 0 aliphatic carbocycles. The number of benzene rings is 1. The van der Waals surface area contributed by atoms with Crippen LogP contribution in [0.25, 0.3) is 0 Å². The maximum Gasteiger partial charge on any atom is 0.255 e. The number of anilines is 2. The van der Waals surface area contributed by atoms with Crippen LogP contribution in [0.5, 0.6) is 0 Å². The number of aromatic nitrogens is 1. The molecule has 0 unspecified atom stereocenters. The van der Waals surface area contributed by atoms with E-state index in [1.807, 2.05) is 6.92 Å². The van der Waals surface area contributed by atoms with Gasteiger partial charge in [-0.1, -0.05) is 18.5 Å². The minimum atomic E-state index is -0.953. The third-order valence-corrected chi connectivity index (χ3v) is 3.07. The molecule has 0 bridgehead atoms. The summed E-state index contributed by atoms with van der Waals surface area (Å²) in [6.07, 6.45) is 0.594. The standard InChI is InChI=1S/C14H12ClF2N3O/c1-2-9-3-7(4-12(18)19-9)14(21)20-13-10(15)5-8(16)6-11(13)17/h3-6H,2H2,1H3,(H2,18,19)(H,20,21). The van der Waals surface area contributed by atoms with Crippen LogP contribution in [-0.4, -0.2) is 10.9 Å². The summed E-state index contributed by atoms with van der Waals surface area (Å²) in [5.41, 5.74) is 6.18. The van der Waals surface area contributed by atoms with Crippen LogP contribution in [0.3, 0.4) is 0 Å². The zero-order valence-corrected chi connectivity index (χ0v) is 11.8. The molecule has 0 aliphatic rings. The molecule has 1 amide bonds. The summed E-state index contributed by atoms with van der Waals surface area (Å²) < 4.78 is 26.6. The molecular weight excluding hydrogens is 300 g/mol. The lowest BCUT2D eigenvalue weighted by Crippen LogP contribution is -2.15. The number of nitrogens with zero attached hydrogens (tertiary/aromatic N) is 1. The van der Waals surface area contributed by atoms with E-state index in [0.717, 1.165) is 6.07 Å². The number of hydrogen-bond donors (Lipinski definition) is 2. The fourth-order valence-corrected chi connectivity index (χ4v) is 2.01. The van der Waals surface area contributed by atoms with E-state index in [0.29, 0.717) is 18.2 Å². The van der Waals surface area contributed by atoms with Crippen LogP contribution >= 0.6 is 11.6 Å². The quantitative estimate of drug-likeness (QED) is 0.912. The third-order valence-electron chi connectivity index (χ3n) is 2.77. The van der Waals surface area contributed by atoms with Crippen LogP contribution < -0.4 is 11.1 Å². The maximum atomic E-state index is 13.6. The second-order valence-electron chi connectivity index (χ2n) is 4.32.